The third-order valence-corrected chi connectivity index (χ3v) is 5.57. The van der Waals surface area contributed by atoms with Gasteiger partial charge in [-0.1, -0.05) is 30.0 Å². The Kier molecular flexibility index (Phi) is 5.92. The number of methoxy groups -OCH3 is 1. The van der Waals surface area contributed by atoms with E-state index in [1.54, 1.807) is 19.2 Å². The molecule has 3 aromatic rings. The molecule has 1 aromatic heterocycles. The van der Waals surface area contributed by atoms with Crippen molar-refractivity contribution in [3.8, 4) is 5.69 Å². The molecule has 0 atom stereocenters. The highest BCUT2D eigenvalue weighted by molar-refractivity contribution is 7.98. The fourth-order valence-electron chi connectivity index (χ4n) is 2.97. The number of carbonyl (C=O) groups is 1. The molecule has 2 aromatic carbocycles. The van der Waals surface area contributed by atoms with Gasteiger partial charge in [0.15, 0.2) is 11.0 Å². The summed E-state index contributed by atoms with van der Waals surface area (Å²) in [6, 6.07) is 14.0. The summed E-state index contributed by atoms with van der Waals surface area (Å²) in [4.78, 5) is 12.5. The van der Waals surface area contributed by atoms with E-state index in [1.807, 2.05) is 28.8 Å². The maximum absolute atomic E-state index is 13.4. The standard InChI is InChI=1S/C21H21FN4O2S/c1-28-12-19-24-25-21(26(19)17-10-6-15(22)7-11-17)29-13-14-4-2-3-5-18(14)20(27)23-16-8-9-16/h2-7,10-11,16H,8-9,12-13H2,1H3,(H,23,27). The van der Waals surface area contributed by atoms with Gasteiger partial charge in [0.2, 0.25) is 0 Å². The van der Waals surface area contributed by atoms with Crippen LogP contribution in [-0.4, -0.2) is 33.8 Å². The van der Waals surface area contributed by atoms with Gasteiger partial charge in [-0.25, -0.2) is 4.39 Å². The van der Waals surface area contributed by atoms with Crippen LogP contribution in [0.4, 0.5) is 4.39 Å². The number of aromatic nitrogens is 3. The van der Waals surface area contributed by atoms with Crippen molar-refractivity contribution in [3.63, 3.8) is 0 Å². The van der Waals surface area contributed by atoms with Crippen molar-refractivity contribution in [1.29, 1.82) is 0 Å². The summed E-state index contributed by atoms with van der Waals surface area (Å²) >= 11 is 1.47. The zero-order valence-corrected chi connectivity index (χ0v) is 16.8. The molecule has 1 saturated carbocycles. The van der Waals surface area contributed by atoms with Crippen LogP contribution in [0, 0.1) is 5.82 Å². The van der Waals surface area contributed by atoms with Gasteiger partial charge in [0.1, 0.15) is 12.4 Å². The Hall–Kier alpha value is -2.71. The summed E-state index contributed by atoms with van der Waals surface area (Å²) < 4.78 is 20.4. The Labute approximate surface area is 172 Å². The average Bonchev–Trinajstić information content (AvgIpc) is 3.46. The van der Waals surface area contributed by atoms with Crippen molar-refractivity contribution < 1.29 is 13.9 Å². The predicted octanol–water partition coefficient (Wildman–Crippen LogP) is 3.74. The Morgan fingerprint density at radius 2 is 1.97 bits per heavy atom. The molecule has 1 fully saturated rings. The molecule has 4 rings (SSSR count). The minimum absolute atomic E-state index is 0.0382. The second-order valence-corrected chi connectivity index (χ2v) is 7.78. The summed E-state index contributed by atoms with van der Waals surface area (Å²) in [7, 11) is 1.59. The van der Waals surface area contributed by atoms with E-state index in [9.17, 15) is 9.18 Å². The molecule has 150 valence electrons. The van der Waals surface area contributed by atoms with Gasteiger partial charge in [0.25, 0.3) is 5.91 Å². The molecule has 1 aliphatic rings. The zero-order chi connectivity index (χ0) is 20.2. The van der Waals surface area contributed by atoms with Crippen LogP contribution in [0.3, 0.4) is 0 Å². The van der Waals surface area contributed by atoms with Crippen LogP contribution in [0.5, 0.6) is 0 Å². The van der Waals surface area contributed by atoms with Gasteiger partial charge in [-0.3, -0.25) is 9.36 Å². The van der Waals surface area contributed by atoms with Crippen molar-refractivity contribution in [1.82, 2.24) is 20.1 Å². The van der Waals surface area contributed by atoms with Crippen molar-refractivity contribution in [3.05, 3.63) is 71.3 Å². The second kappa shape index (κ2) is 8.75. The number of amides is 1. The van der Waals surface area contributed by atoms with Gasteiger partial charge in [-0.05, 0) is 48.7 Å². The minimum atomic E-state index is -0.306. The van der Waals surface area contributed by atoms with E-state index in [2.05, 4.69) is 15.5 Å². The molecule has 0 saturated heterocycles. The quantitative estimate of drug-likeness (QED) is 0.571. The molecule has 1 aliphatic carbocycles. The van der Waals surface area contributed by atoms with Crippen molar-refractivity contribution in [2.75, 3.05) is 7.11 Å². The highest BCUT2D eigenvalue weighted by atomic mass is 32.2. The number of halogens is 1. The number of nitrogens with one attached hydrogen (secondary N) is 1. The topological polar surface area (TPSA) is 69.0 Å². The van der Waals surface area contributed by atoms with E-state index in [0.717, 1.165) is 24.1 Å². The van der Waals surface area contributed by atoms with Gasteiger partial charge in [0, 0.05) is 30.2 Å². The van der Waals surface area contributed by atoms with Crippen molar-refractivity contribution in [2.45, 2.75) is 36.4 Å². The number of carbonyl (C=O) groups excluding carboxylic acids is 1. The SMILES string of the molecule is COCc1nnc(SCc2ccccc2C(=O)NC2CC2)n1-c1ccc(F)cc1. The molecular formula is C21H21FN4O2S. The molecule has 1 heterocycles. The van der Waals surface area contributed by atoms with Crippen molar-refractivity contribution >= 4 is 17.7 Å². The predicted molar refractivity (Wildman–Crippen MR) is 109 cm³/mol. The Morgan fingerprint density at radius 3 is 2.69 bits per heavy atom. The molecule has 29 heavy (non-hydrogen) atoms. The third-order valence-electron chi connectivity index (χ3n) is 4.59. The van der Waals surface area contributed by atoms with Crippen LogP contribution in [0.2, 0.25) is 0 Å². The average molecular weight is 412 g/mol. The highest BCUT2D eigenvalue weighted by Gasteiger charge is 2.25. The van der Waals surface area contributed by atoms with E-state index in [-0.39, 0.29) is 18.3 Å². The molecule has 0 aliphatic heterocycles. The smallest absolute Gasteiger partial charge is 0.251 e. The summed E-state index contributed by atoms with van der Waals surface area (Å²) in [5, 5.41) is 12.2. The lowest BCUT2D eigenvalue weighted by Crippen LogP contribution is -2.26. The molecule has 1 N–H and O–H groups in total. The van der Waals surface area contributed by atoms with Gasteiger partial charge in [0.05, 0.1) is 0 Å². The number of ether oxygens (including phenoxy) is 1. The summed E-state index contributed by atoms with van der Waals surface area (Å²) in [6.07, 6.45) is 2.09. The summed E-state index contributed by atoms with van der Waals surface area (Å²) in [5.74, 6) is 0.839. The number of benzene rings is 2. The van der Waals surface area contributed by atoms with E-state index in [4.69, 9.17) is 4.74 Å². The molecule has 1 amide bonds. The Bertz CT molecular complexity index is 1000. The summed E-state index contributed by atoms with van der Waals surface area (Å²) in [6.45, 7) is 0.283. The molecule has 8 heteroatoms. The van der Waals surface area contributed by atoms with Gasteiger partial charge in [-0.15, -0.1) is 10.2 Å². The minimum Gasteiger partial charge on any atom is -0.377 e. The van der Waals surface area contributed by atoms with Gasteiger partial charge < -0.3 is 10.1 Å². The van der Waals surface area contributed by atoms with Crippen LogP contribution in [0.25, 0.3) is 5.69 Å². The lowest BCUT2D eigenvalue weighted by atomic mass is 10.1. The monoisotopic (exact) mass is 412 g/mol. The first-order valence-electron chi connectivity index (χ1n) is 9.36. The number of thioether (sulfide) groups is 1. The lowest BCUT2D eigenvalue weighted by Gasteiger charge is -2.11. The second-order valence-electron chi connectivity index (χ2n) is 6.84. The Morgan fingerprint density at radius 1 is 1.21 bits per heavy atom. The first-order valence-corrected chi connectivity index (χ1v) is 10.3. The first kappa shape index (κ1) is 19.6. The van der Waals surface area contributed by atoms with Crippen LogP contribution in [0.1, 0.15) is 34.6 Å². The Balaban J connectivity index is 1.57. The molecule has 6 nitrogen and oxygen atoms in total. The molecule has 0 radical (unpaired) electrons. The summed E-state index contributed by atoms with van der Waals surface area (Å²) in [5.41, 5.74) is 2.36. The van der Waals surface area contributed by atoms with Crippen LogP contribution in [0.15, 0.2) is 53.7 Å². The van der Waals surface area contributed by atoms with Crippen LogP contribution < -0.4 is 5.32 Å². The molecule has 0 unspecified atom stereocenters. The third kappa shape index (κ3) is 4.65. The van der Waals surface area contributed by atoms with Gasteiger partial charge >= 0.3 is 0 Å². The maximum Gasteiger partial charge on any atom is 0.251 e. The molecule has 0 spiro atoms. The normalized spacial score (nSPS) is 13.4. The fourth-order valence-corrected chi connectivity index (χ4v) is 3.94. The van der Waals surface area contributed by atoms with Crippen molar-refractivity contribution in [2.24, 2.45) is 0 Å². The zero-order valence-electron chi connectivity index (χ0n) is 16.0. The molecule has 0 bridgehead atoms. The lowest BCUT2D eigenvalue weighted by molar-refractivity contribution is 0.0950. The first-order chi connectivity index (χ1) is 14.2. The largest absolute Gasteiger partial charge is 0.377 e. The maximum atomic E-state index is 13.4. The fraction of sp³-hybridized carbons (Fsp3) is 0.286. The molecular weight excluding hydrogens is 391 g/mol. The number of nitrogens with zero attached hydrogens (tertiary/aromatic N) is 3. The van der Waals surface area contributed by atoms with E-state index in [1.165, 1.54) is 23.9 Å². The van der Waals surface area contributed by atoms with E-state index < -0.39 is 0 Å². The van der Waals surface area contributed by atoms with Gasteiger partial charge in [-0.2, -0.15) is 0 Å². The number of hydrogen-bond donors (Lipinski definition) is 1. The highest BCUT2D eigenvalue weighted by Crippen LogP contribution is 2.27. The van der Waals surface area contributed by atoms with E-state index in [0.29, 0.717) is 28.3 Å². The van der Waals surface area contributed by atoms with Crippen LogP contribution in [-0.2, 0) is 17.1 Å². The van der Waals surface area contributed by atoms with Crippen LogP contribution >= 0.6 is 11.8 Å². The number of rotatable bonds is 8. The number of hydrogen-bond acceptors (Lipinski definition) is 5. The van der Waals surface area contributed by atoms with E-state index >= 15 is 0 Å².